The Bertz CT molecular complexity index is 1400. The van der Waals surface area contributed by atoms with E-state index in [1.54, 1.807) is 43.3 Å². The molecule has 0 bridgehead atoms. The average Bonchev–Trinajstić information content (AvgIpc) is 3.22. The first-order valence-electron chi connectivity index (χ1n) is 9.91. The zero-order valence-electron chi connectivity index (χ0n) is 17.7. The number of ether oxygens (including phenoxy) is 1. The van der Waals surface area contributed by atoms with Crippen molar-refractivity contribution in [3.8, 4) is 0 Å². The molecule has 0 unspecified atom stereocenters. The van der Waals surface area contributed by atoms with Gasteiger partial charge in [-0.15, -0.1) is 0 Å². The summed E-state index contributed by atoms with van der Waals surface area (Å²) in [5.74, 6) is -1.40. The lowest BCUT2D eigenvalue weighted by molar-refractivity contribution is 0.0996. The highest BCUT2D eigenvalue weighted by Gasteiger charge is 2.20. The second-order valence-corrected chi connectivity index (χ2v) is 7.25. The number of nitrogens with zero attached hydrogens (tertiary/aromatic N) is 1. The van der Waals surface area contributed by atoms with Crippen LogP contribution in [0, 0.1) is 12.7 Å². The van der Waals surface area contributed by atoms with E-state index in [4.69, 9.17) is 0 Å². The first-order chi connectivity index (χ1) is 15.9. The monoisotopic (exact) mass is 446 g/mol. The van der Waals surface area contributed by atoms with Gasteiger partial charge in [0.05, 0.1) is 29.4 Å². The van der Waals surface area contributed by atoms with Gasteiger partial charge in [0, 0.05) is 11.1 Å². The van der Waals surface area contributed by atoms with E-state index in [-0.39, 0.29) is 22.8 Å². The lowest BCUT2D eigenvalue weighted by Gasteiger charge is -2.11. The second kappa shape index (κ2) is 8.91. The largest absolute Gasteiger partial charge is 0.453 e. The molecule has 3 N–H and O–H groups in total. The maximum Gasteiger partial charge on any atom is 0.413 e. The number of rotatable bonds is 5. The molecule has 0 radical (unpaired) electrons. The number of nitrogens with one attached hydrogen (secondary N) is 3. The van der Waals surface area contributed by atoms with Crippen LogP contribution in [0.5, 0.6) is 0 Å². The minimum atomic E-state index is -0.685. The molecule has 0 aliphatic heterocycles. The van der Waals surface area contributed by atoms with Gasteiger partial charge >= 0.3 is 6.09 Å². The summed E-state index contributed by atoms with van der Waals surface area (Å²) in [6, 6.07) is 15.5. The van der Waals surface area contributed by atoms with Crippen LogP contribution in [-0.4, -0.2) is 34.9 Å². The fraction of sp³-hybridized carbons (Fsp3) is 0.0833. The molecule has 4 rings (SSSR count). The molecule has 166 valence electrons. The molecule has 4 aromatic rings. The number of anilines is 2. The van der Waals surface area contributed by atoms with E-state index in [1.807, 2.05) is 0 Å². The smallest absolute Gasteiger partial charge is 0.413 e. The zero-order chi connectivity index (χ0) is 23.5. The van der Waals surface area contributed by atoms with E-state index in [0.29, 0.717) is 16.6 Å². The van der Waals surface area contributed by atoms with Crippen molar-refractivity contribution in [3.05, 3.63) is 88.7 Å². The molecule has 0 saturated carbocycles. The third-order valence-electron chi connectivity index (χ3n) is 4.94. The highest BCUT2D eigenvalue weighted by atomic mass is 19.1. The summed E-state index contributed by atoms with van der Waals surface area (Å²) >= 11 is 0. The lowest BCUT2D eigenvalue weighted by Crippen LogP contribution is -2.17. The van der Waals surface area contributed by atoms with Crippen molar-refractivity contribution in [2.24, 2.45) is 0 Å². The number of carbonyl (C=O) groups excluding carboxylic acids is 3. The predicted molar refractivity (Wildman–Crippen MR) is 121 cm³/mol. The molecule has 0 spiro atoms. The predicted octanol–water partition coefficient (Wildman–Crippen LogP) is 4.67. The number of imidazole rings is 1. The fourth-order valence-electron chi connectivity index (χ4n) is 3.32. The van der Waals surface area contributed by atoms with Crippen molar-refractivity contribution in [1.82, 2.24) is 9.97 Å². The number of aromatic amines is 1. The standard InChI is InChI=1S/C24H19FN4O4/c1-13-7-9-17(25)19(11-13)26-22(31)16-6-4-3-5-15(16)21(30)14-8-10-18-20(12-14)28-23(27-18)29-24(32)33-2/h3-12H,1-2H3,(H,26,31)(H2,27,28,29,32). The van der Waals surface area contributed by atoms with Crippen LogP contribution < -0.4 is 10.6 Å². The normalized spacial score (nSPS) is 10.6. The van der Waals surface area contributed by atoms with Crippen molar-refractivity contribution >= 4 is 40.5 Å². The summed E-state index contributed by atoms with van der Waals surface area (Å²) in [4.78, 5) is 44.6. The number of amides is 2. The Morgan fingerprint density at radius 1 is 0.970 bits per heavy atom. The summed E-state index contributed by atoms with van der Waals surface area (Å²) < 4.78 is 18.6. The summed E-state index contributed by atoms with van der Waals surface area (Å²) in [6.45, 7) is 1.78. The van der Waals surface area contributed by atoms with E-state index in [9.17, 15) is 18.8 Å². The molecule has 33 heavy (non-hydrogen) atoms. The molecule has 0 saturated heterocycles. The van der Waals surface area contributed by atoms with Crippen molar-refractivity contribution < 1.29 is 23.5 Å². The molecule has 3 aromatic carbocycles. The third kappa shape index (κ3) is 4.57. The number of benzene rings is 3. The summed E-state index contributed by atoms with van der Waals surface area (Å²) in [6.07, 6.45) is -0.685. The molecule has 1 heterocycles. The number of carbonyl (C=O) groups is 3. The van der Waals surface area contributed by atoms with E-state index >= 15 is 0 Å². The number of fused-ring (bicyclic) bond motifs is 1. The topological polar surface area (TPSA) is 113 Å². The van der Waals surface area contributed by atoms with Gasteiger partial charge in [0.2, 0.25) is 5.95 Å². The first kappa shape index (κ1) is 21.7. The number of hydrogen-bond acceptors (Lipinski definition) is 5. The van der Waals surface area contributed by atoms with E-state index in [0.717, 1.165) is 5.56 Å². The van der Waals surface area contributed by atoms with Crippen LogP contribution in [0.3, 0.4) is 0 Å². The van der Waals surface area contributed by atoms with Gasteiger partial charge in [-0.2, -0.15) is 0 Å². The summed E-state index contributed by atoms with van der Waals surface area (Å²) in [5.41, 5.74) is 2.43. The van der Waals surface area contributed by atoms with Crippen molar-refractivity contribution in [3.63, 3.8) is 0 Å². The Morgan fingerprint density at radius 3 is 2.48 bits per heavy atom. The van der Waals surface area contributed by atoms with Crippen molar-refractivity contribution in [2.75, 3.05) is 17.7 Å². The Hall–Kier alpha value is -4.53. The Morgan fingerprint density at radius 2 is 1.73 bits per heavy atom. The van der Waals surface area contributed by atoms with Crippen molar-refractivity contribution in [2.45, 2.75) is 6.92 Å². The minimum absolute atomic E-state index is 0.0340. The highest BCUT2D eigenvalue weighted by molar-refractivity contribution is 6.18. The van der Waals surface area contributed by atoms with Gasteiger partial charge in [-0.1, -0.05) is 24.3 Å². The van der Waals surface area contributed by atoms with Gasteiger partial charge in [0.1, 0.15) is 5.82 Å². The van der Waals surface area contributed by atoms with E-state index in [2.05, 4.69) is 25.3 Å². The number of methoxy groups -OCH3 is 1. The van der Waals surface area contributed by atoms with Crippen LogP contribution in [0.4, 0.5) is 20.8 Å². The van der Waals surface area contributed by atoms with Gasteiger partial charge < -0.3 is 15.0 Å². The minimum Gasteiger partial charge on any atom is -0.453 e. The molecular weight excluding hydrogens is 427 g/mol. The Kier molecular flexibility index (Phi) is 5.86. The van der Waals surface area contributed by atoms with Gasteiger partial charge in [-0.05, 0) is 48.9 Å². The lowest BCUT2D eigenvalue weighted by atomic mass is 9.97. The number of hydrogen-bond donors (Lipinski definition) is 3. The van der Waals surface area contributed by atoms with Gasteiger partial charge in [0.25, 0.3) is 5.91 Å². The first-order valence-corrected chi connectivity index (χ1v) is 9.91. The number of aryl methyl sites for hydroxylation is 1. The summed E-state index contributed by atoms with van der Waals surface area (Å²) in [5, 5.41) is 4.96. The number of ketones is 1. The number of aromatic nitrogens is 2. The maximum atomic E-state index is 14.1. The van der Waals surface area contributed by atoms with Crippen molar-refractivity contribution in [1.29, 1.82) is 0 Å². The van der Waals surface area contributed by atoms with Crippen LogP contribution in [0.2, 0.25) is 0 Å². The van der Waals surface area contributed by atoms with E-state index in [1.165, 1.54) is 31.4 Å². The average molecular weight is 446 g/mol. The molecule has 0 aliphatic rings. The quantitative estimate of drug-likeness (QED) is 0.386. The highest BCUT2D eigenvalue weighted by Crippen LogP contribution is 2.22. The van der Waals surface area contributed by atoms with Crippen LogP contribution in [0.15, 0.2) is 60.7 Å². The second-order valence-electron chi connectivity index (χ2n) is 7.25. The van der Waals surface area contributed by atoms with E-state index < -0.39 is 23.6 Å². The van der Waals surface area contributed by atoms with Gasteiger partial charge in [-0.25, -0.2) is 14.2 Å². The third-order valence-corrected chi connectivity index (χ3v) is 4.94. The number of H-pyrrole nitrogens is 1. The Labute approximate surface area is 187 Å². The summed E-state index contributed by atoms with van der Waals surface area (Å²) in [7, 11) is 1.23. The Balaban J connectivity index is 1.64. The maximum absolute atomic E-state index is 14.1. The molecule has 0 atom stereocenters. The molecule has 1 aromatic heterocycles. The number of halogens is 1. The molecular formula is C24H19FN4O4. The zero-order valence-corrected chi connectivity index (χ0v) is 17.7. The molecule has 9 heteroatoms. The van der Waals surface area contributed by atoms with Crippen LogP contribution in [-0.2, 0) is 4.74 Å². The molecule has 8 nitrogen and oxygen atoms in total. The van der Waals surface area contributed by atoms with Crippen LogP contribution in [0.1, 0.15) is 31.8 Å². The SMILES string of the molecule is COC(=O)Nc1nc2ccc(C(=O)c3ccccc3C(=O)Nc3cc(C)ccc3F)cc2[nH]1. The van der Waals surface area contributed by atoms with Gasteiger partial charge in [0.15, 0.2) is 5.78 Å². The van der Waals surface area contributed by atoms with Gasteiger partial charge in [-0.3, -0.25) is 14.9 Å². The van der Waals surface area contributed by atoms with Crippen LogP contribution >= 0.6 is 0 Å². The molecule has 0 fully saturated rings. The molecule has 2 amide bonds. The fourth-order valence-corrected chi connectivity index (χ4v) is 3.32. The molecule has 0 aliphatic carbocycles. The van der Waals surface area contributed by atoms with Crippen LogP contribution in [0.25, 0.3) is 11.0 Å².